The first-order valence-corrected chi connectivity index (χ1v) is 19.4. The summed E-state index contributed by atoms with van der Waals surface area (Å²) < 4.78 is 32.8. The van der Waals surface area contributed by atoms with E-state index in [4.69, 9.17) is 4.43 Å². The van der Waals surface area contributed by atoms with E-state index in [0.717, 1.165) is 43.4 Å². The first-order valence-electron chi connectivity index (χ1n) is 15.0. The van der Waals surface area contributed by atoms with E-state index < -0.39 is 18.3 Å². The zero-order valence-electron chi connectivity index (χ0n) is 25.4. The van der Waals surface area contributed by atoms with Crippen molar-refractivity contribution in [2.75, 3.05) is 0 Å². The second-order valence-electron chi connectivity index (χ2n) is 14.9. The van der Waals surface area contributed by atoms with Gasteiger partial charge in [-0.2, -0.15) is 0 Å². The number of allylic oxidation sites excluding steroid dienone is 3. The average molecular weight is 571 g/mol. The fourth-order valence-electron chi connectivity index (χ4n) is 7.98. The highest BCUT2D eigenvalue weighted by atomic mass is 32.2. The molecule has 5 rings (SSSR count). The van der Waals surface area contributed by atoms with Crippen molar-refractivity contribution in [3.05, 3.63) is 53.3 Å². The Morgan fingerprint density at radius 2 is 1.62 bits per heavy atom. The molecule has 2 saturated carbocycles. The lowest BCUT2D eigenvalue weighted by Gasteiger charge is -2.58. The third-order valence-electron chi connectivity index (χ3n) is 11.6. The first kappa shape index (κ1) is 29.1. The van der Waals surface area contributed by atoms with Crippen LogP contribution in [0.25, 0.3) is 0 Å². The predicted molar refractivity (Wildman–Crippen MR) is 162 cm³/mol. The smallest absolute Gasteiger partial charge is 0.257 e. The van der Waals surface area contributed by atoms with Crippen LogP contribution in [0.5, 0.6) is 0 Å². The molecule has 0 radical (unpaired) electrons. The summed E-state index contributed by atoms with van der Waals surface area (Å²) in [6.07, 6.45) is 13.1. The van der Waals surface area contributed by atoms with E-state index in [0.29, 0.717) is 23.9 Å². The number of hydrogen-bond donors (Lipinski definition) is 2. The molecule has 0 heterocycles. The van der Waals surface area contributed by atoms with Gasteiger partial charge in [-0.3, -0.25) is 0 Å². The van der Waals surface area contributed by atoms with Gasteiger partial charge in [-0.15, -0.1) is 4.83 Å². The Bertz CT molecular complexity index is 1260. The van der Waals surface area contributed by atoms with Crippen molar-refractivity contribution >= 4 is 18.3 Å². The van der Waals surface area contributed by atoms with Crippen LogP contribution < -0.4 is 10.3 Å². The molecule has 2 N–H and O–H groups in total. The molecule has 3 unspecified atom stereocenters. The number of hydrazine groups is 1. The van der Waals surface area contributed by atoms with Gasteiger partial charge in [0.05, 0.1) is 4.90 Å². The highest BCUT2D eigenvalue weighted by Gasteiger charge is 2.57. The molecule has 7 heteroatoms. The third-order valence-corrected chi connectivity index (χ3v) is 17.4. The minimum atomic E-state index is -3.63. The number of nitrogens with one attached hydrogen (secondary N) is 2. The summed E-state index contributed by atoms with van der Waals surface area (Å²) in [6.45, 7) is 18.6. The molecule has 0 amide bonds. The number of aryl methyl sites for hydroxylation is 1. The second kappa shape index (κ2) is 9.85. The number of rotatable bonds is 6. The number of benzene rings is 1. The summed E-state index contributed by atoms with van der Waals surface area (Å²) in [5, 5.41) is 0.239. The van der Waals surface area contributed by atoms with Crippen molar-refractivity contribution in [3.63, 3.8) is 0 Å². The summed E-state index contributed by atoms with van der Waals surface area (Å²) >= 11 is 0. The lowest BCUT2D eigenvalue weighted by molar-refractivity contribution is -0.0298. The molecule has 216 valence electrons. The third kappa shape index (κ3) is 5.11. The summed E-state index contributed by atoms with van der Waals surface area (Å²) in [5.41, 5.74) is 7.15. The lowest BCUT2D eigenvalue weighted by Crippen LogP contribution is -2.52. The van der Waals surface area contributed by atoms with E-state index in [1.54, 1.807) is 17.7 Å². The minimum absolute atomic E-state index is 0.0265. The van der Waals surface area contributed by atoms with Crippen molar-refractivity contribution < 1.29 is 12.8 Å². The first-order chi connectivity index (χ1) is 18.1. The number of hydrogen-bond acceptors (Lipinski definition) is 4. The predicted octanol–water partition coefficient (Wildman–Crippen LogP) is 7.62. The summed E-state index contributed by atoms with van der Waals surface area (Å²) in [4.78, 5) is 2.97. The Morgan fingerprint density at radius 1 is 0.949 bits per heavy atom. The Morgan fingerprint density at radius 3 is 2.28 bits per heavy atom. The van der Waals surface area contributed by atoms with Crippen molar-refractivity contribution in [2.45, 2.75) is 116 Å². The van der Waals surface area contributed by atoms with Gasteiger partial charge in [0.15, 0.2) is 8.32 Å². The summed E-state index contributed by atoms with van der Waals surface area (Å²) in [5.74, 6) is 1.87. The van der Waals surface area contributed by atoms with Gasteiger partial charge in [-0.05, 0) is 105 Å². The largest absolute Gasteiger partial charge is 0.414 e. The highest BCUT2D eigenvalue weighted by Crippen LogP contribution is 2.64. The molecule has 39 heavy (non-hydrogen) atoms. The molecule has 1 aromatic carbocycles. The molecule has 0 spiro atoms. The van der Waals surface area contributed by atoms with Gasteiger partial charge in [0, 0.05) is 17.2 Å². The standard InChI is InChI=1S/C32H50N2O3SSi/c1-22-9-12-25(13-10-22)38(35,36)34-33-29-16-15-27-26-14-11-23-21-24(37-39(7,8)30(2,3)4)17-19-31(23,5)28(26)18-20-32(27,29)6/h9-13,16,24,26-28,33-34H,14-15,17-21H2,1-8H3/t24-,26?,27?,28?,31-,32-/m0/s1. The van der Waals surface area contributed by atoms with E-state index in [1.807, 2.05) is 19.1 Å². The van der Waals surface area contributed by atoms with Gasteiger partial charge < -0.3 is 9.85 Å². The van der Waals surface area contributed by atoms with Gasteiger partial charge in [0.25, 0.3) is 10.0 Å². The second-order valence-corrected chi connectivity index (χ2v) is 21.3. The fraction of sp³-hybridized carbons (Fsp3) is 0.688. The zero-order chi connectivity index (χ0) is 28.4. The molecule has 0 aliphatic heterocycles. The summed E-state index contributed by atoms with van der Waals surface area (Å²) in [7, 11) is -5.40. The molecule has 4 aliphatic rings. The molecule has 0 bridgehead atoms. The van der Waals surface area contributed by atoms with Gasteiger partial charge in [-0.1, -0.05) is 70.0 Å². The number of sulfonamides is 1. The van der Waals surface area contributed by atoms with Gasteiger partial charge in [-0.25, -0.2) is 8.42 Å². The molecule has 2 fully saturated rings. The van der Waals surface area contributed by atoms with Gasteiger partial charge in [0.1, 0.15) is 0 Å². The van der Waals surface area contributed by atoms with Crippen LogP contribution in [0.3, 0.4) is 0 Å². The lowest BCUT2D eigenvalue weighted by atomic mass is 9.48. The molecule has 1 aromatic rings. The maximum absolute atomic E-state index is 12.9. The molecular formula is C32H50N2O3SSi. The zero-order valence-corrected chi connectivity index (χ0v) is 27.2. The van der Waals surface area contributed by atoms with Crippen LogP contribution in [0.4, 0.5) is 0 Å². The average Bonchev–Trinajstić information content (AvgIpc) is 3.19. The molecule has 6 atom stereocenters. The van der Waals surface area contributed by atoms with Crippen LogP contribution in [-0.2, 0) is 14.4 Å². The SMILES string of the molecule is Cc1ccc(S(=O)(=O)NNC2=CCC3C4CC=C5C[C@@H](O[Si](C)(C)C(C)(C)C)CC[C@]5(C)C4CC[C@]23C)cc1. The Labute approximate surface area is 238 Å². The maximum atomic E-state index is 12.9. The van der Waals surface area contributed by atoms with Gasteiger partial charge >= 0.3 is 0 Å². The quantitative estimate of drug-likeness (QED) is 0.210. The van der Waals surface area contributed by atoms with E-state index in [-0.39, 0.29) is 20.8 Å². The topological polar surface area (TPSA) is 67.4 Å². The highest BCUT2D eigenvalue weighted by molar-refractivity contribution is 7.89. The van der Waals surface area contributed by atoms with Crippen molar-refractivity contribution in [1.82, 2.24) is 10.3 Å². The van der Waals surface area contributed by atoms with Crippen LogP contribution in [0, 0.1) is 35.5 Å². The Balaban J connectivity index is 1.28. The van der Waals surface area contributed by atoms with E-state index >= 15 is 0 Å². The van der Waals surface area contributed by atoms with Crippen LogP contribution in [-0.4, -0.2) is 22.8 Å². The molecule has 5 nitrogen and oxygen atoms in total. The number of fused-ring (bicyclic) bond motifs is 5. The van der Waals surface area contributed by atoms with Crippen LogP contribution >= 0.6 is 0 Å². The Hall–Kier alpha value is -1.41. The summed E-state index contributed by atoms with van der Waals surface area (Å²) in [6, 6.07) is 6.99. The normalized spacial score (nSPS) is 34.9. The van der Waals surface area contributed by atoms with Crippen molar-refractivity contribution in [3.8, 4) is 0 Å². The fourth-order valence-corrected chi connectivity index (χ4v) is 10.2. The van der Waals surface area contributed by atoms with Crippen LogP contribution in [0.2, 0.25) is 18.1 Å². The molecular weight excluding hydrogens is 521 g/mol. The van der Waals surface area contributed by atoms with E-state index in [1.165, 1.54) is 12.8 Å². The minimum Gasteiger partial charge on any atom is -0.414 e. The monoisotopic (exact) mass is 570 g/mol. The maximum Gasteiger partial charge on any atom is 0.257 e. The Kier molecular flexibility index (Phi) is 7.35. The van der Waals surface area contributed by atoms with Crippen LogP contribution in [0.1, 0.15) is 85.1 Å². The van der Waals surface area contributed by atoms with Crippen molar-refractivity contribution in [1.29, 1.82) is 0 Å². The van der Waals surface area contributed by atoms with Gasteiger partial charge in [0.2, 0.25) is 0 Å². The molecule has 4 aliphatic carbocycles. The van der Waals surface area contributed by atoms with E-state index in [9.17, 15) is 8.42 Å². The molecule has 0 aromatic heterocycles. The van der Waals surface area contributed by atoms with E-state index in [2.05, 4.69) is 70.1 Å². The molecule has 0 saturated heterocycles. The van der Waals surface area contributed by atoms with Crippen molar-refractivity contribution in [2.24, 2.45) is 28.6 Å². The van der Waals surface area contributed by atoms with Crippen LogP contribution in [0.15, 0.2) is 52.6 Å².